The number of ketones is 1. The highest BCUT2D eigenvalue weighted by molar-refractivity contribution is 7.99. The van der Waals surface area contributed by atoms with Gasteiger partial charge in [0.2, 0.25) is 0 Å². The van der Waals surface area contributed by atoms with Crippen LogP contribution in [0.1, 0.15) is 21.5 Å². The highest BCUT2D eigenvalue weighted by atomic mass is 32.2. The van der Waals surface area contributed by atoms with Crippen molar-refractivity contribution in [3.63, 3.8) is 0 Å². The van der Waals surface area contributed by atoms with E-state index in [0.29, 0.717) is 17.1 Å². The molecular weight excluding hydrogens is 236 g/mol. The summed E-state index contributed by atoms with van der Waals surface area (Å²) in [6.45, 7) is 3.89. The summed E-state index contributed by atoms with van der Waals surface area (Å²) in [5, 5.41) is 0. The van der Waals surface area contributed by atoms with Crippen molar-refractivity contribution in [1.29, 1.82) is 0 Å². The van der Waals surface area contributed by atoms with Crippen molar-refractivity contribution < 1.29 is 14.3 Å². The van der Waals surface area contributed by atoms with Gasteiger partial charge in [-0.05, 0) is 37.3 Å². The molecule has 0 spiro atoms. The summed E-state index contributed by atoms with van der Waals surface area (Å²) in [5.74, 6) is 1.90. The maximum atomic E-state index is 12.0. The SMILES string of the molecule is COc1cc(C(=O)CSC)c(OC)c(C)c1C. The second kappa shape index (κ2) is 5.96. The van der Waals surface area contributed by atoms with Gasteiger partial charge in [-0.15, -0.1) is 0 Å². The Morgan fingerprint density at radius 3 is 2.35 bits per heavy atom. The molecule has 0 aliphatic rings. The average molecular weight is 254 g/mol. The number of ether oxygens (including phenoxy) is 2. The lowest BCUT2D eigenvalue weighted by atomic mass is 10.0. The van der Waals surface area contributed by atoms with E-state index in [4.69, 9.17) is 9.47 Å². The molecule has 0 saturated heterocycles. The topological polar surface area (TPSA) is 35.5 Å². The normalized spacial score (nSPS) is 10.2. The van der Waals surface area contributed by atoms with Gasteiger partial charge in [-0.3, -0.25) is 4.79 Å². The fraction of sp³-hybridized carbons (Fsp3) is 0.462. The molecule has 0 saturated carbocycles. The Bertz CT molecular complexity index is 427. The number of hydrogen-bond donors (Lipinski definition) is 0. The first kappa shape index (κ1) is 13.9. The van der Waals surface area contributed by atoms with Crippen LogP contribution >= 0.6 is 11.8 Å². The van der Waals surface area contributed by atoms with Gasteiger partial charge in [-0.25, -0.2) is 0 Å². The molecule has 4 heteroatoms. The second-order valence-corrected chi connectivity index (χ2v) is 4.63. The van der Waals surface area contributed by atoms with Gasteiger partial charge in [0.25, 0.3) is 0 Å². The van der Waals surface area contributed by atoms with E-state index in [0.717, 1.165) is 16.9 Å². The minimum absolute atomic E-state index is 0.0655. The highest BCUT2D eigenvalue weighted by Gasteiger charge is 2.18. The van der Waals surface area contributed by atoms with Crippen molar-refractivity contribution in [2.75, 3.05) is 26.2 Å². The van der Waals surface area contributed by atoms with Crippen molar-refractivity contribution in [3.8, 4) is 11.5 Å². The predicted molar refractivity (Wildman–Crippen MR) is 71.7 cm³/mol. The van der Waals surface area contributed by atoms with Crippen LogP contribution in [0.25, 0.3) is 0 Å². The molecule has 3 nitrogen and oxygen atoms in total. The van der Waals surface area contributed by atoms with Gasteiger partial charge < -0.3 is 9.47 Å². The van der Waals surface area contributed by atoms with Gasteiger partial charge in [-0.2, -0.15) is 11.8 Å². The largest absolute Gasteiger partial charge is 0.496 e. The quantitative estimate of drug-likeness (QED) is 0.757. The molecule has 0 atom stereocenters. The summed E-state index contributed by atoms with van der Waals surface area (Å²) in [7, 11) is 3.20. The molecule has 94 valence electrons. The zero-order valence-corrected chi connectivity index (χ0v) is 11.7. The molecule has 1 aromatic carbocycles. The Labute approximate surface area is 106 Å². The van der Waals surface area contributed by atoms with Crippen LogP contribution in [0.2, 0.25) is 0 Å². The van der Waals surface area contributed by atoms with Gasteiger partial charge in [0.05, 0.1) is 25.5 Å². The molecule has 0 unspecified atom stereocenters. The molecular formula is C13H18O3S. The molecule has 1 aromatic rings. The van der Waals surface area contributed by atoms with Crippen molar-refractivity contribution in [2.24, 2.45) is 0 Å². The lowest BCUT2D eigenvalue weighted by Crippen LogP contribution is -2.08. The number of hydrogen-bond acceptors (Lipinski definition) is 4. The van der Waals surface area contributed by atoms with E-state index in [1.807, 2.05) is 20.1 Å². The van der Waals surface area contributed by atoms with Crippen molar-refractivity contribution >= 4 is 17.5 Å². The molecule has 0 aliphatic carbocycles. The fourth-order valence-electron chi connectivity index (χ4n) is 1.75. The standard InChI is InChI=1S/C13H18O3S/c1-8-9(2)13(16-4)10(6-12(8)15-3)11(14)7-17-5/h6H,7H2,1-5H3. The van der Waals surface area contributed by atoms with Crippen molar-refractivity contribution in [1.82, 2.24) is 0 Å². The summed E-state index contributed by atoms with van der Waals surface area (Å²) < 4.78 is 10.6. The summed E-state index contributed by atoms with van der Waals surface area (Å²) in [6, 6.07) is 1.76. The van der Waals surface area contributed by atoms with E-state index in [-0.39, 0.29) is 5.78 Å². The van der Waals surface area contributed by atoms with Crippen molar-refractivity contribution in [3.05, 3.63) is 22.8 Å². The predicted octanol–water partition coefficient (Wildman–Crippen LogP) is 2.87. The molecule has 0 aliphatic heterocycles. The number of carbonyl (C=O) groups is 1. The molecule has 1 rings (SSSR count). The molecule has 0 fully saturated rings. The van der Waals surface area contributed by atoms with Crippen LogP contribution in [-0.2, 0) is 0 Å². The fourth-order valence-corrected chi connectivity index (χ4v) is 2.17. The Hall–Kier alpha value is -1.16. The van der Waals surface area contributed by atoms with E-state index in [1.165, 1.54) is 11.8 Å². The Morgan fingerprint density at radius 1 is 1.24 bits per heavy atom. The maximum Gasteiger partial charge on any atom is 0.176 e. The number of methoxy groups -OCH3 is 2. The van der Waals surface area contributed by atoms with Crippen LogP contribution in [0, 0.1) is 13.8 Å². The Kier molecular flexibility index (Phi) is 4.87. The van der Waals surface area contributed by atoms with Crippen LogP contribution in [0.15, 0.2) is 6.07 Å². The van der Waals surface area contributed by atoms with Crippen LogP contribution < -0.4 is 9.47 Å². The van der Waals surface area contributed by atoms with Crippen molar-refractivity contribution in [2.45, 2.75) is 13.8 Å². The lowest BCUT2D eigenvalue weighted by Gasteiger charge is -2.15. The van der Waals surface area contributed by atoms with Gasteiger partial charge >= 0.3 is 0 Å². The van der Waals surface area contributed by atoms with Crippen LogP contribution in [-0.4, -0.2) is 32.0 Å². The zero-order valence-electron chi connectivity index (χ0n) is 10.9. The monoisotopic (exact) mass is 254 g/mol. The van der Waals surface area contributed by atoms with Gasteiger partial charge in [-0.1, -0.05) is 0 Å². The summed E-state index contributed by atoms with van der Waals surface area (Å²) >= 11 is 1.50. The number of rotatable bonds is 5. The Morgan fingerprint density at radius 2 is 1.88 bits per heavy atom. The molecule has 0 aromatic heterocycles. The summed E-state index contributed by atoms with van der Waals surface area (Å²) in [4.78, 5) is 12.0. The van der Waals surface area contributed by atoms with Crippen LogP contribution in [0.4, 0.5) is 0 Å². The minimum Gasteiger partial charge on any atom is -0.496 e. The lowest BCUT2D eigenvalue weighted by molar-refractivity contribution is 0.101. The highest BCUT2D eigenvalue weighted by Crippen LogP contribution is 2.33. The van der Waals surface area contributed by atoms with E-state index in [9.17, 15) is 4.79 Å². The second-order valence-electron chi connectivity index (χ2n) is 3.77. The van der Waals surface area contributed by atoms with Crippen LogP contribution in [0.3, 0.4) is 0 Å². The molecule has 0 bridgehead atoms. The van der Waals surface area contributed by atoms with Gasteiger partial charge in [0, 0.05) is 0 Å². The first-order chi connectivity index (χ1) is 8.06. The molecule has 17 heavy (non-hydrogen) atoms. The van der Waals surface area contributed by atoms with Gasteiger partial charge in [0.15, 0.2) is 5.78 Å². The van der Waals surface area contributed by atoms with E-state index in [1.54, 1.807) is 20.3 Å². The van der Waals surface area contributed by atoms with E-state index >= 15 is 0 Å². The Balaban J connectivity index is 3.37. The molecule has 0 heterocycles. The third-order valence-electron chi connectivity index (χ3n) is 2.79. The summed E-state index contributed by atoms with van der Waals surface area (Å²) in [5.41, 5.74) is 2.56. The third kappa shape index (κ3) is 2.75. The maximum absolute atomic E-state index is 12.0. The average Bonchev–Trinajstić information content (AvgIpc) is 2.32. The van der Waals surface area contributed by atoms with Crippen LogP contribution in [0.5, 0.6) is 11.5 Å². The third-order valence-corrected chi connectivity index (χ3v) is 3.34. The molecule has 0 N–H and O–H groups in total. The smallest absolute Gasteiger partial charge is 0.176 e. The summed E-state index contributed by atoms with van der Waals surface area (Å²) in [6.07, 6.45) is 1.91. The minimum atomic E-state index is 0.0655. The first-order valence-electron chi connectivity index (χ1n) is 5.31. The molecule has 0 amide bonds. The number of carbonyl (C=O) groups excluding carboxylic acids is 1. The van der Waals surface area contributed by atoms with Gasteiger partial charge in [0.1, 0.15) is 11.5 Å². The van der Waals surface area contributed by atoms with E-state index in [2.05, 4.69) is 0 Å². The van der Waals surface area contributed by atoms with E-state index < -0.39 is 0 Å². The number of benzene rings is 1. The number of Topliss-reactive ketones (excluding diaryl/α,β-unsaturated/α-hetero) is 1. The molecule has 0 radical (unpaired) electrons. The zero-order chi connectivity index (χ0) is 13.0. The number of thioether (sulfide) groups is 1. The first-order valence-corrected chi connectivity index (χ1v) is 6.70.